The van der Waals surface area contributed by atoms with Crippen molar-refractivity contribution in [2.24, 2.45) is 0 Å². The number of rotatable bonds is 8. The molecule has 0 bridgehead atoms. The van der Waals surface area contributed by atoms with Gasteiger partial charge in [0.25, 0.3) is 0 Å². The number of hydrogen-bond acceptors (Lipinski definition) is 5. The molecule has 1 aromatic carbocycles. The summed E-state index contributed by atoms with van der Waals surface area (Å²) in [5, 5.41) is 2.16. The van der Waals surface area contributed by atoms with E-state index in [1.807, 2.05) is 0 Å². The molecule has 0 fully saturated rings. The van der Waals surface area contributed by atoms with Gasteiger partial charge in [-0.05, 0) is 39.8 Å². The number of ether oxygens (including phenoxy) is 1. The lowest BCUT2D eigenvalue weighted by Gasteiger charge is -2.10. The van der Waals surface area contributed by atoms with Gasteiger partial charge in [0, 0.05) is 24.0 Å². The lowest BCUT2D eigenvalue weighted by molar-refractivity contribution is -0.115. The van der Waals surface area contributed by atoms with Crippen LogP contribution in [0, 0.1) is 25.5 Å². The molecule has 11 heteroatoms. The first-order chi connectivity index (χ1) is 14.0. The molecule has 164 valence electrons. The molecule has 0 saturated heterocycles. The van der Waals surface area contributed by atoms with E-state index in [2.05, 4.69) is 10.0 Å². The van der Waals surface area contributed by atoms with Gasteiger partial charge in [0.2, 0.25) is 15.9 Å². The van der Waals surface area contributed by atoms with Crippen LogP contribution in [0.3, 0.4) is 0 Å². The Morgan fingerprint density at radius 2 is 1.80 bits per heavy atom. The number of aromatic nitrogens is 1. The smallest absolute Gasteiger partial charge is 0.341 e. The van der Waals surface area contributed by atoms with E-state index in [9.17, 15) is 26.8 Å². The fraction of sp³-hybridized carbons (Fsp3) is 0.368. The van der Waals surface area contributed by atoms with E-state index < -0.39 is 40.1 Å². The Morgan fingerprint density at radius 1 is 1.13 bits per heavy atom. The highest BCUT2D eigenvalue weighted by atomic mass is 32.2. The molecule has 0 aliphatic rings. The van der Waals surface area contributed by atoms with Crippen LogP contribution in [-0.2, 0) is 26.1 Å². The summed E-state index contributed by atoms with van der Waals surface area (Å²) >= 11 is 0. The molecule has 0 spiro atoms. The number of sulfonamides is 1. The summed E-state index contributed by atoms with van der Waals surface area (Å²) in [6, 6.07) is 2.56. The van der Waals surface area contributed by atoms with Crippen LogP contribution in [0.15, 0.2) is 23.1 Å². The van der Waals surface area contributed by atoms with Crippen LogP contribution in [0.1, 0.15) is 35.6 Å². The average molecular weight is 443 g/mol. The van der Waals surface area contributed by atoms with Crippen LogP contribution in [0.2, 0.25) is 0 Å². The second-order valence-electron chi connectivity index (χ2n) is 6.34. The third kappa shape index (κ3) is 4.85. The Balaban J connectivity index is 2.28. The first-order valence-corrected chi connectivity index (χ1v) is 10.6. The number of esters is 1. The molecule has 1 amide bonds. The van der Waals surface area contributed by atoms with Crippen LogP contribution in [-0.4, -0.2) is 38.0 Å². The van der Waals surface area contributed by atoms with Gasteiger partial charge in [-0.25, -0.2) is 26.7 Å². The van der Waals surface area contributed by atoms with E-state index in [0.717, 1.165) is 12.1 Å². The Kier molecular flexibility index (Phi) is 7.32. The Hall–Kier alpha value is -2.79. The molecule has 0 saturated carbocycles. The second kappa shape index (κ2) is 9.35. The molecule has 1 heterocycles. The normalized spacial score (nSPS) is 11.4. The lowest BCUT2D eigenvalue weighted by Crippen LogP contribution is -2.34. The zero-order valence-electron chi connectivity index (χ0n) is 17.0. The minimum absolute atomic E-state index is 0.0627. The number of amides is 1. The maximum Gasteiger partial charge on any atom is 0.341 e. The molecule has 2 rings (SSSR count). The zero-order chi connectivity index (χ0) is 22.6. The first kappa shape index (κ1) is 23.5. The van der Waals surface area contributed by atoms with Crippen molar-refractivity contribution in [2.75, 3.05) is 18.5 Å². The largest absolute Gasteiger partial charge is 0.462 e. The highest BCUT2D eigenvalue weighted by Crippen LogP contribution is 2.27. The molecule has 2 aromatic rings. The molecule has 0 atom stereocenters. The van der Waals surface area contributed by atoms with E-state index in [-0.39, 0.29) is 22.8 Å². The number of halogens is 2. The number of hydrogen-bond donors (Lipinski definition) is 2. The highest BCUT2D eigenvalue weighted by molar-refractivity contribution is 7.89. The third-order valence-corrected chi connectivity index (χ3v) is 5.98. The minimum Gasteiger partial charge on any atom is -0.462 e. The van der Waals surface area contributed by atoms with Gasteiger partial charge in [-0.3, -0.25) is 4.79 Å². The van der Waals surface area contributed by atoms with Crippen LogP contribution < -0.4 is 10.0 Å². The second-order valence-corrected chi connectivity index (χ2v) is 8.04. The van der Waals surface area contributed by atoms with Crippen LogP contribution >= 0.6 is 0 Å². The summed E-state index contributed by atoms with van der Waals surface area (Å²) in [5.41, 5.74) is 0.341. The van der Waals surface area contributed by atoms with Gasteiger partial charge in [-0.1, -0.05) is 0 Å². The van der Waals surface area contributed by atoms with Crippen LogP contribution in [0.25, 0.3) is 0 Å². The van der Waals surface area contributed by atoms with Gasteiger partial charge in [0.15, 0.2) is 0 Å². The number of anilines is 1. The zero-order valence-corrected chi connectivity index (χ0v) is 17.8. The van der Waals surface area contributed by atoms with E-state index in [1.54, 1.807) is 32.3 Å². The summed E-state index contributed by atoms with van der Waals surface area (Å²) in [7, 11) is -4.29. The number of benzene rings is 1. The average Bonchev–Trinajstić information content (AvgIpc) is 2.93. The van der Waals surface area contributed by atoms with Crippen molar-refractivity contribution in [1.29, 1.82) is 0 Å². The summed E-state index contributed by atoms with van der Waals surface area (Å²) in [4.78, 5) is 24.2. The van der Waals surface area contributed by atoms with Gasteiger partial charge in [0.1, 0.15) is 22.1 Å². The van der Waals surface area contributed by atoms with E-state index in [4.69, 9.17) is 4.74 Å². The Morgan fingerprint density at radius 3 is 2.37 bits per heavy atom. The standard InChI is InChI=1S/C19H23F2N3O5S/c1-5-24-11(3)17(19(26)29-6-2)18(12(24)4)30(27,28)22-10-16(25)23-15-8-7-13(20)9-14(15)21/h7-9,22H,5-6,10H2,1-4H3,(H,23,25). The van der Waals surface area contributed by atoms with Gasteiger partial charge < -0.3 is 14.6 Å². The molecular weight excluding hydrogens is 420 g/mol. The molecule has 0 unspecified atom stereocenters. The quantitative estimate of drug-likeness (QED) is 0.610. The maximum absolute atomic E-state index is 13.7. The third-order valence-electron chi connectivity index (χ3n) is 4.42. The molecule has 2 N–H and O–H groups in total. The fourth-order valence-corrected chi connectivity index (χ4v) is 4.58. The SMILES string of the molecule is CCOC(=O)c1c(S(=O)(=O)NCC(=O)Nc2ccc(F)cc2F)c(C)n(CC)c1C. The molecule has 0 aliphatic carbocycles. The van der Waals surface area contributed by atoms with Crippen LogP contribution in [0.5, 0.6) is 0 Å². The summed E-state index contributed by atoms with van der Waals surface area (Å²) in [6.07, 6.45) is 0. The fourth-order valence-electron chi connectivity index (χ4n) is 3.12. The molecule has 0 aliphatic heterocycles. The number of nitrogens with zero attached hydrogens (tertiary/aromatic N) is 1. The van der Waals surface area contributed by atoms with E-state index >= 15 is 0 Å². The molecule has 8 nitrogen and oxygen atoms in total. The van der Waals surface area contributed by atoms with Crippen molar-refractivity contribution in [3.05, 3.63) is 46.8 Å². The molecule has 1 aromatic heterocycles. The number of carbonyl (C=O) groups is 2. The summed E-state index contributed by atoms with van der Waals surface area (Å²) < 4.78 is 61.1. The maximum atomic E-state index is 13.7. The van der Waals surface area contributed by atoms with Crippen molar-refractivity contribution in [3.63, 3.8) is 0 Å². The Labute approximate surface area is 173 Å². The van der Waals surface area contributed by atoms with Crippen molar-refractivity contribution in [3.8, 4) is 0 Å². The van der Waals surface area contributed by atoms with Crippen molar-refractivity contribution < 1.29 is 31.5 Å². The van der Waals surface area contributed by atoms with Gasteiger partial charge >= 0.3 is 5.97 Å². The minimum atomic E-state index is -4.29. The first-order valence-electron chi connectivity index (χ1n) is 9.14. The summed E-state index contributed by atoms with van der Waals surface area (Å²) in [5.74, 6) is -3.47. The van der Waals surface area contributed by atoms with Crippen LogP contribution in [0.4, 0.5) is 14.5 Å². The van der Waals surface area contributed by atoms with Gasteiger partial charge in [-0.15, -0.1) is 0 Å². The Bertz CT molecular complexity index is 1080. The van der Waals surface area contributed by atoms with Crippen molar-refractivity contribution in [2.45, 2.75) is 39.1 Å². The molecular formula is C19H23F2N3O5S. The van der Waals surface area contributed by atoms with E-state index in [0.29, 0.717) is 24.0 Å². The number of nitrogens with one attached hydrogen (secondary N) is 2. The molecule has 30 heavy (non-hydrogen) atoms. The lowest BCUT2D eigenvalue weighted by atomic mass is 10.2. The summed E-state index contributed by atoms with van der Waals surface area (Å²) in [6.45, 7) is 6.30. The van der Waals surface area contributed by atoms with Crippen molar-refractivity contribution >= 4 is 27.6 Å². The van der Waals surface area contributed by atoms with Gasteiger partial charge in [-0.2, -0.15) is 0 Å². The highest BCUT2D eigenvalue weighted by Gasteiger charge is 2.32. The monoisotopic (exact) mass is 443 g/mol. The predicted octanol–water partition coefficient (Wildman–Crippen LogP) is 2.50. The molecule has 0 radical (unpaired) electrons. The number of carbonyl (C=O) groups excluding carboxylic acids is 2. The topological polar surface area (TPSA) is 106 Å². The predicted molar refractivity (Wildman–Crippen MR) is 106 cm³/mol. The van der Waals surface area contributed by atoms with Gasteiger partial charge in [0.05, 0.1) is 18.8 Å². The van der Waals surface area contributed by atoms with Crippen molar-refractivity contribution in [1.82, 2.24) is 9.29 Å². The van der Waals surface area contributed by atoms with E-state index in [1.165, 1.54) is 0 Å².